The maximum absolute atomic E-state index is 12.4. The van der Waals surface area contributed by atoms with Crippen LogP contribution in [0.4, 0.5) is 0 Å². The molecule has 3 rings (SSSR count). The van der Waals surface area contributed by atoms with E-state index in [0.29, 0.717) is 6.42 Å². The average Bonchev–Trinajstić information content (AvgIpc) is 3.08. The van der Waals surface area contributed by atoms with Crippen molar-refractivity contribution in [2.45, 2.75) is 19.4 Å². The standard InChI is InChI=1S/C16H22N4OS/c1-18-8-5-17-15(18)13-19-6-3-7-20(10-9-19)16(21)12-14-4-2-11-22-14/h2,4-5,8,11H,3,6-7,9-10,12-13H2,1H3. The van der Waals surface area contributed by atoms with E-state index in [1.54, 1.807) is 11.3 Å². The number of nitrogens with zero attached hydrogens (tertiary/aromatic N) is 4. The first-order chi connectivity index (χ1) is 10.7. The average molecular weight is 318 g/mol. The van der Waals surface area contributed by atoms with Gasteiger partial charge in [0.05, 0.1) is 13.0 Å². The number of carbonyl (C=O) groups is 1. The van der Waals surface area contributed by atoms with Crippen LogP contribution in [0.3, 0.4) is 0 Å². The zero-order chi connectivity index (χ0) is 15.4. The Morgan fingerprint density at radius 1 is 1.32 bits per heavy atom. The summed E-state index contributed by atoms with van der Waals surface area (Å²) < 4.78 is 2.06. The third kappa shape index (κ3) is 3.75. The molecule has 0 N–H and O–H groups in total. The minimum atomic E-state index is 0.251. The Morgan fingerprint density at radius 2 is 2.23 bits per heavy atom. The second-order valence-electron chi connectivity index (χ2n) is 5.72. The summed E-state index contributed by atoms with van der Waals surface area (Å²) in [4.78, 5) is 22.3. The van der Waals surface area contributed by atoms with Crippen LogP contribution in [0.25, 0.3) is 0 Å². The largest absolute Gasteiger partial charge is 0.341 e. The summed E-state index contributed by atoms with van der Waals surface area (Å²) in [6.07, 6.45) is 5.38. The molecule has 5 nitrogen and oxygen atoms in total. The van der Waals surface area contributed by atoms with Crippen LogP contribution in [0.1, 0.15) is 17.1 Å². The summed E-state index contributed by atoms with van der Waals surface area (Å²) in [5.74, 6) is 1.33. The molecule has 0 saturated carbocycles. The molecule has 0 aliphatic carbocycles. The lowest BCUT2D eigenvalue weighted by Crippen LogP contribution is -2.36. The molecule has 0 aromatic carbocycles. The molecule has 0 radical (unpaired) electrons. The minimum Gasteiger partial charge on any atom is -0.341 e. The van der Waals surface area contributed by atoms with Gasteiger partial charge in [0.2, 0.25) is 5.91 Å². The summed E-state index contributed by atoms with van der Waals surface area (Å²) >= 11 is 1.66. The van der Waals surface area contributed by atoms with Crippen molar-refractivity contribution in [3.8, 4) is 0 Å². The van der Waals surface area contributed by atoms with Gasteiger partial charge in [-0.1, -0.05) is 6.07 Å². The van der Waals surface area contributed by atoms with E-state index in [2.05, 4.69) is 14.5 Å². The van der Waals surface area contributed by atoms with Crippen molar-refractivity contribution in [3.05, 3.63) is 40.6 Å². The van der Waals surface area contributed by atoms with Crippen molar-refractivity contribution >= 4 is 17.2 Å². The molecule has 2 aromatic heterocycles. The first-order valence-electron chi connectivity index (χ1n) is 7.71. The number of carbonyl (C=O) groups excluding carboxylic acids is 1. The van der Waals surface area contributed by atoms with E-state index >= 15 is 0 Å². The van der Waals surface area contributed by atoms with Crippen molar-refractivity contribution < 1.29 is 4.79 Å². The predicted molar refractivity (Wildman–Crippen MR) is 87.7 cm³/mol. The highest BCUT2D eigenvalue weighted by molar-refractivity contribution is 7.10. The Morgan fingerprint density at radius 3 is 2.95 bits per heavy atom. The number of rotatable bonds is 4. The Kier molecular flexibility index (Phi) is 4.90. The zero-order valence-electron chi connectivity index (χ0n) is 12.9. The van der Waals surface area contributed by atoms with Crippen LogP contribution >= 0.6 is 11.3 Å². The predicted octanol–water partition coefficient (Wildman–Crippen LogP) is 1.76. The van der Waals surface area contributed by atoms with E-state index in [-0.39, 0.29) is 5.91 Å². The minimum absolute atomic E-state index is 0.251. The highest BCUT2D eigenvalue weighted by Crippen LogP contribution is 2.13. The second kappa shape index (κ2) is 7.07. The third-order valence-corrected chi connectivity index (χ3v) is 5.01. The first kappa shape index (κ1) is 15.2. The molecule has 1 aliphatic heterocycles. The summed E-state index contributed by atoms with van der Waals surface area (Å²) in [6, 6.07) is 4.04. The normalized spacial score (nSPS) is 16.7. The van der Waals surface area contributed by atoms with Crippen molar-refractivity contribution in [2.75, 3.05) is 26.2 Å². The van der Waals surface area contributed by atoms with Crippen molar-refractivity contribution in [2.24, 2.45) is 7.05 Å². The smallest absolute Gasteiger partial charge is 0.227 e. The van der Waals surface area contributed by atoms with E-state index in [9.17, 15) is 4.79 Å². The number of aromatic nitrogens is 2. The number of aryl methyl sites for hydroxylation is 1. The second-order valence-corrected chi connectivity index (χ2v) is 6.75. The van der Waals surface area contributed by atoms with E-state index in [1.807, 2.05) is 41.9 Å². The Balaban J connectivity index is 1.53. The summed E-state index contributed by atoms with van der Waals surface area (Å²) in [5, 5.41) is 2.03. The quantitative estimate of drug-likeness (QED) is 0.862. The van der Waals surface area contributed by atoms with Gasteiger partial charge in [-0.25, -0.2) is 4.98 Å². The number of amides is 1. The fourth-order valence-electron chi connectivity index (χ4n) is 2.80. The van der Waals surface area contributed by atoms with Gasteiger partial charge >= 0.3 is 0 Å². The Labute approximate surface area is 135 Å². The number of hydrogen-bond donors (Lipinski definition) is 0. The molecule has 0 unspecified atom stereocenters. The van der Waals surface area contributed by atoms with Crippen molar-refractivity contribution in [1.82, 2.24) is 19.4 Å². The molecule has 0 bridgehead atoms. The maximum Gasteiger partial charge on any atom is 0.227 e. The van der Waals surface area contributed by atoms with E-state index in [0.717, 1.165) is 49.8 Å². The number of hydrogen-bond acceptors (Lipinski definition) is 4. The summed E-state index contributed by atoms with van der Waals surface area (Å²) in [7, 11) is 2.02. The summed E-state index contributed by atoms with van der Waals surface area (Å²) in [5.41, 5.74) is 0. The number of imidazole rings is 1. The third-order valence-electron chi connectivity index (χ3n) is 4.13. The van der Waals surface area contributed by atoms with Gasteiger partial charge < -0.3 is 9.47 Å². The monoisotopic (exact) mass is 318 g/mol. The van der Waals surface area contributed by atoms with Crippen LogP contribution in [0.2, 0.25) is 0 Å². The van der Waals surface area contributed by atoms with Gasteiger partial charge in [0.15, 0.2) is 0 Å². The molecule has 2 aromatic rings. The topological polar surface area (TPSA) is 41.4 Å². The van der Waals surface area contributed by atoms with Gasteiger partial charge in [-0.15, -0.1) is 11.3 Å². The molecule has 1 aliphatic rings. The molecular formula is C16H22N4OS. The molecule has 3 heterocycles. The van der Waals surface area contributed by atoms with Crippen LogP contribution < -0.4 is 0 Å². The molecule has 0 spiro atoms. The van der Waals surface area contributed by atoms with E-state index in [4.69, 9.17) is 0 Å². The van der Waals surface area contributed by atoms with Gasteiger partial charge in [0.1, 0.15) is 5.82 Å². The van der Waals surface area contributed by atoms with E-state index in [1.165, 1.54) is 0 Å². The van der Waals surface area contributed by atoms with Crippen LogP contribution in [0, 0.1) is 0 Å². The molecule has 118 valence electrons. The lowest BCUT2D eigenvalue weighted by atomic mass is 10.3. The summed E-state index contributed by atoms with van der Waals surface area (Å²) in [6.45, 7) is 4.48. The van der Waals surface area contributed by atoms with Crippen molar-refractivity contribution in [1.29, 1.82) is 0 Å². The van der Waals surface area contributed by atoms with Gasteiger partial charge in [-0.05, 0) is 17.9 Å². The van der Waals surface area contributed by atoms with Crippen LogP contribution in [-0.2, 0) is 24.8 Å². The van der Waals surface area contributed by atoms with E-state index < -0.39 is 0 Å². The molecule has 22 heavy (non-hydrogen) atoms. The Bertz CT molecular complexity index is 607. The van der Waals surface area contributed by atoms with Crippen LogP contribution in [0.5, 0.6) is 0 Å². The molecule has 1 fully saturated rings. The first-order valence-corrected chi connectivity index (χ1v) is 8.59. The zero-order valence-corrected chi connectivity index (χ0v) is 13.8. The fraction of sp³-hybridized carbons (Fsp3) is 0.500. The molecule has 1 amide bonds. The molecule has 0 atom stereocenters. The maximum atomic E-state index is 12.4. The number of thiophene rings is 1. The fourth-order valence-corrected chi connectivity index (χ4v) is 3.50. The van der Waals surface area contributed by atoms with Gasteiger partial charge in [-0.2, -0.15) is 0 Å². The lowest BCUT2D eigenvalue weighted by Gasteiger charge is -2.21. The van der Waals surface area contributed by atoms with Gasteiger partial charge in [0, 0.05) is 50.5 Å². The van der Waals surface area contributed by atoms with Crippen molar-refractivity contribution in [3.63, 3.8) is 0 Å². The van der Waals surface area contributed by atoms with Crippen LogP contribution in [-0.4, -0.2) is 51.4 Å². The lowest BCUT2D eigenvalue weighted by molar-refractivity contribution is -0.130. The highest BCUT2D eigenvalue weighted by Gasteiger charge is 2.20. The van der Waals surface area contributed by atoms with Gasteiger partial charge in [-0.3, -0.25) is 9.69 Å². The van der Waals surface area contributed by atoms with Crippen LogP contribution in [0.15, 0.2) is 29.9 Å². The SMILES string of the molecule is Cn1ccnc1CN1CCCN(C(=O)Cc2cccs2)CC1. The molecule has 6 heteroatoms. The molecule has 1 saturated heterocycles. The van der Waals surface area contributed by atoms with Gasteiger partial charge in [0.25, 0.3) is 0 Å². The Hall–Kier alpha value is -1.66. The molecular weight excluding hydrogens is 296 g/mol. The highest BCUT2D eigenvalue weighted by atomic mass is 32.1.